The van der Waals surface area contributed by atoms with Crippen molar-refractivity contribution in [1.29, 1.82) is 0 Å². The van der Waals surface area contributed by atoms with Crippen molar-refractivity contribution in [3.05, 3.63) is 81.4 Å². The molecular formula is C18H14N4O3S2. The SMILES string of the molecule is O=C(/C=C/c1ccccc1[N+](=O)[O-])Nc1nnc(CSc2ccccc2)s1. The van der Waals surface area contributed by atoms with Gasteiger partial charge in [-0.15, -0.1) is 22.0 Å². The van der Waals surface area contributed by atoms with E-state index in [1.165, 1.54) is 29.6 Å². The lowest BCUT2D eigenvalue weighted by molar-refractivity contribution is -0.385. The number of nitrogens with zero attached hydrogens (tertiary/aromatic N) is 3. The number of rotatable bonds is 7. The van der Waals surface area contributed by atoms with Crippen LogP contribution in [0.4, 0.5) is 10.8 Å². The highest BCUT2D eigenvalue weighted by Gasteiger charge is 2.11. The van der Waals surface area contributed by atoms with Gasteiger partial charge in [0.05, 0.1) is 16.2 Å². The summed E-state index contributed by atoms with van der Waals surface area (Å²) in [6, 6.07) is 16.1. The molecule has 1 heterocycles. The lowest BCUT2D eigenvalue weighted by atomic mass is 10.1. The van der Waals surface area contributed by atoms with Crippen molar-refractivity contribution in [3.63, 3.8) is 0 Å². The van der Waals surface area contributed by atoms with E-state index in [0.29, 0.717) is 16.4 Å². The number of anilines is 1. The largest absolute Gasteiger partial charge is 0.297 e. The number of hydrogen-bond donors (Lipinski definition) is 1. The first kappa shape index (κ1) is 18.7. The molecule has 7 nitrogen and oxygen atoms in total. The first-order chi connectivity index (χ1) is 13.1. The maximum Gasteiger partial charge on any atom is 0.276 e. The second-order valence-corrected chi connectivity index (χ2v) is 7.35. The number of nitrogens with one attached hydrogen (secondary N) is 1. The van der Waals surface area contributed by atoms with E-state index in [-0.39, 0.29) is 5.69 Å². The van der Waals surface area contributed by atoms with Crippen LogP contribution in [0.25, 0.3) is 6.08 Å². The zero-order valence-electron chi connectivity index (χ0n) is 13.9. The number of aromatic nitrogens is 2. The molecule has 0 radical (unpaired) electrons. The Labute approximate surface area is 163 Å². The predicted octanol–water partition coefficient (Wildman–Crippen LogP) is 4.39. The Morgan fingerprint density at radius 3 is 2.67 bits per heavy atom. The molecule has 0 aliphatic carbocycles. The van der Waals surface area contributed by atoms with Gasteiger partial charge in [-0.25, -0.2) is 0 Å². The summed E-state index contributed by atoms with van der Waals surface area (Å²) in [5.41, 5.74) is 0.299. The van der Waals surface area contributed by atoms with Crippen molar-refractivity contribution >= 4 is 45.9 Å². The number of nitro groups is 1. The van der Waals surface area contributed by atoms with E-state index in [4.69, 9.17) is 0 Å². The van der Waals surface area contributed by atoms with Crippen molar-refractivity contribution < 1.29 is 9.72 Å². The Morgan fingerprint density at radius 2 is 1.89 bits per heavy atom. The summed E-state index contributed by atoms with van der Waals surface area (Å²) in [6.45, 7) is 0. The van der Waals surface area contributed by atoms with Crippen LogP contribution in [0.1, 0.15) is 10.6 Å². The van der Waals surface area contributed by atoms with Crippen LogP contribution in [0.15, 0.2) is 65.6 Å². The van der Waals surface area contributed by atoms with Gasteiger partial charge in [0.2, 0.25) is 11.0 Å². The number of nitro benzene ring substituents is 1. The number of benzene rings is 2. The molecule has 0 saturated heterocycles. The third-order valence-electron chi connectivity index (χ3n) is 3.35. The van der Waals surface area contributed by atoms with Crippen LogP contribution in [0.5, 0.6) is 0 Å². The molecule has 2 aromatic carbocycles. The lowest BCUT2D eigenvalue weighted by Crippen LogP contribution is -2.07. The van der Waals surface area contributed by atoms with E-state index in [0.717, 1.165) is 9.90 Å². The Balaban J connectivity index is 1.57. The van der Waals surface area contributed by atoms with Crippen LogP contribution in [-0.2, 0) is 10.5 Å². The van der Waals surface area contributed by atoms with Gasteiger partial charge in [0.1, 0.15) is 5.01 Å². The number of thioether (sulfide) groups is 1. The Bertz CT molecular complexity index is 974. The summed E-state index contributed by atoms with van der Waals surface area (Å²) < 4.78 is 0. The number of para-hydroxylation sites is 1. The third-order valence-corrected chi connectivity index (χ3v) is 5.39. The van der Waals surface area contributed by atoms with Crippen LogP contribution in [0.2, 0.25) is 0 Å². The van der Waals surface area contributed by atoms with Gasteiger partial charge < -0.3 is 0 Å². The van der Waals surface area contributed by atoms with Gasteiger partial charge in [0.25, 0.3) is 5.69 Å². The normalized spacial score (nSPS) is 10.8. The molecule has 136 valence electrons. The third kappa shape index (κ3) is 5.47. The van der Waals surface area contributed by atoms with E-state index >= 15 is 0 Å². The van der Waals surface area contributed by atoms with Crippen molar-refractivity contribution in [2.75, 3.05) is 5.32 Å². The van der Waals surface area contributed by atoms with Gasteiger partial charge in [0, 0.05) is 17.0 Å². The highest BCUT2D eigenvalue weighted by atomic mass is 32.2. The topological polar surface area (TPSA) is 98.0 Å². The van der Waals surface area contributed by atoms with E-state index < -0.39 is 10.8 Å². The van der Waals surface area contributed by atoms with Crippen molar-refractivity contribution in [2.24, 2.45) is 0 Å². The molecule has 0 bridgehead atoms. The molecule has 1 amide bonds. The minimum atomic E-state index is -0.487. The van der Waals surface area contributed by atoms with E-state index in [1.807, 2.05) is 30.3 Å². The average molecular weight is 398 g/mol. The van der Waals surface area contributed by atoms with E-state index in [9.17, 15) is 14.9 Å². The van der Waals surface area contributed by atoms with E-state index in [2.05, 4.69) is 15.5 Å². The van der Waals surface area contributed by atoms with Gasteiger partial charge in [-0.2, -0.15) is 0 Å². The summed E-state index contributed by atoms with van der Waals surface area (Å²) in [5, 5.41) is 22.8. The maximum atomic E-state index is 12.0. The fraction of sp³-hybridized carbons (Fsp3) is 0.0556. The van der Waals surface area contributed by atoms with Crippen LogP contribution >= 0.6 is 23.1 Å². The molecule has 0 spiro atoms. The van der Waals surface area contributed by atoms with Crippen molar-refractivity contribution in [2.45, 2.75) is 10.6 Å². The predicted molar refractivity (Wildman–Crippen MR) is 107 cm³/mol. The van der Waals surface area contributed by atoms with Gasteiger partial charge in [-0.05, 0) is 24.3 Å². The summed E-state index contributed by atoms with van der Waals surface area (Å²) >= 11 is 2.93. The minimum absolute atomic E-state index is 0.0577. The molecule has 3 aromatic rings. The van der Waals surface area contributed by atoms with Gasteiger partial charge in [0.15, 0.2) is 0 Å². The Kier molecular flexibility index (Phi) is 6.29. The van der Waals surface area contributed by atoms with Crippen LogP contribution in [-0.4, -0.2) is 21.0 Å². The Hall–Kier alpha value is -3.04. The van der Waals surface area contributed by atoms with Crippen molar-refractivity contribution in [3.8, 4) is 0 Å². The molecule has 0 fully saturated rings. The molecule has 9 heteroatoms. The second-order valence-electron chi connectivity index (χ2n) is 5.24. The molecule has 3 rings (SSSR count). The standard InChI is InChI=1S/C18H14N4O3S2/c23-16(11-10-13-6-4-5-9-15(13)22(24)25)19-18-21-20-17(27-18)12-26-14-7-2-1-3-8-14/h1-11H,12H2,(H,19,21,23)/b11-10+. The number of hydrogen-bond acceptors (Lipinski definition) is 7. The molecule has 0 aliphatic heterocycles. The van der Waals surface area contributed by atoms with Crippen LogP contribution in [0, 0.1) is 10.1 Å². The average Bonchev–Trinajstić information content (AvgIpc) is 3.13. The quantitative estimate of drug-likeness (QED) is 0.274. The molecular weight excluding hydrogens is 384 g/mol. The zero-order valence-corrected chi connectivity index (χ0v) is 15.6. The first-order valence-electron chi connectivity index (χ1n) is 7.84. The molecule has 0 saturated carbocycles. The highest BCUT2D eigenvalue weighted by molar-refractivity contribution is 7.98. The minimum Gasteiger partial charge on any atom is -0.297 e. The Morgan fingerprint density at radius 1 is 1.15 bits per heavy atom. The van der Waals surface area contributed by atoms with Gasteiger partial charge in [-0.1, -0.05) is 41.7 Å². The summed E-state index contributed by atoms with van der Waals surface area (Å²) in [5.74, 6) is 0.232. The van der Waals surface area contributed by atoms with Gasteiger partial charge >= 0.3 is 0 Å². The molecule has 27 heavy (non-hydrogen) atoms. The first-order valence-corrected chi connectivity index (χ1v) is 9.65. The summed E-state index contributed by atoms with van der Waals surface area (Å²) in [7, 11) is 0. The van der Waals surface area contributed by atoms with Crippen molar-refractivity contribution in [1.82, 2.24) is 10.2 Å². The van der Waals surface area contributed by atoms with Crippen LogP contribution in [0.3, 0.4) is 0 Å². The molecule has 1 N–H and O–H groups in total. The molecule has 1 aromatic heterocycles. The fourth-order valence-corrected chi connectivity index (χ4v) is 3.78. The molecule has 0 atom stereocenters. The van der Waals surface area contributed by atoms with Crippen LogP contribution < -0.4 is 5.32 Å². The van der Waals surface area contributed by atoms with E-state index in [1.54, 1.807) is 30.0 Å². The highest BCUT2D eigenvalue weighted by Crippen LogP contribution is 2.25. The number of carbonyl (C=O) groups is 1. The maximum absolute atomic E-state index is 12.0. The fourth-order valence-electron chi connectivity index (χ4n) is 2.13. The monoisotopic (exact) mass is 398 g/mol. The summed E-state index contributed by atoms with van der Waals surface area (Å²) in [4.78, 5) is 23.6. The lowest BCUT2D eigenvalue weighted by Gasteiger charge is -1.98. The zero-order chi connectivity index (χ0) is 19.1. The van der Waals surface area contributed by atoms with Gasteiger partial charge in [-0.3, -0.25) is 20.2 Å². The molecule has 0 unspecified atom stereocenters. The molecule has 0 aliphatic rings. The summed E-state index contributed by atoms with van der Waals surface area (Å²) in [6.07, 6.45) is 2.64. The number of amides is 1. The number of carbonyl (C=O) groups excluding carboxylic acids is 1. The smallest absolute Gasteiger partial charge is 0.276 e. The second kappa shape index (κ2) is 9.06.